The van der Waals surface area contributed by atoms with Crippen LogP contribution < -0.4 is 10.2 Å². The summed E-state index contributed by atoms with van der Waals surface area (Å²) in [4.78, 5) is 22.3. The molecule has 0 aliphatic carbocycles. The SMILES string of the molecule is CC(=O)Nc1ccc(S(=O)(=O)N2CCN(c3nc4ccccc4nc3Cl)CC2)cc1. The first-order chi connectivity index (χ1) is 14.3. The van der Waals surface area contributed by atoms with Crippen molar-refractivity contribution in [1.29, 1.82) is 0 Å². The summed E-state index contributed by atoms with van der Waals surface area (Å²) in [7, 11) is -3.63. The van der Waals surface area contributed by atoms with Gasteiger partial charge >= 0.3 is 0 Å². The number of nitrogens with one attached hydrogen (secondary N) is 1. The van der Waals surface area contributed by atoms with E-state index in [4.69, 9.17) is 11.6 Å². The minimum Gasteiger partial charge on any atom is -0.351 e. The Morgan fingerprint density at radius 2 is 1.57 bits per heavy atom. The molecule has 1 aliphatic heterocycles. The highest BCUT2D eigenvalue weighted by Gasteiger charge is 2.30. The molecule has 4 rings (SSSR count). The molecule has 2 heterocycles. The van der Waals surface area contributed by atoms with Gasteiger partial charge in [-0.05, 0) is 36.4 Å². The summed E-state index contributed by atoms with van der Waals surface area (Å²) < 4.78 is 27.4. The maximum atomic E-state index is 13.0. The molecular weight excluding hydrogens is 426 g/mol. The molecule has 3 aromatic rings. The molecule has 1 aliphatic rings. The van der Waals surface area contributed by atoms with E-state index in [2.05, 4.69) is 15.3 Å². The second-order valence-corrected chi connectivity index (χ2v) is 9.22. The van der Waals surface area contributed by atoms with Gasteiger partial charge in [-0.25, -0.2) is 18.4 Å². The van der Waals surface area contributed by atoms with Crippen LogP contribution in [0.1, 0.15) is 6.92 Å². The molecule has 1 saturated heterocycles. The lowest BCUT2D eigenvalue weighted by atomic mass is 10.3. The Balaban J connectivity index is 1.49. The predicted molar refractivity (Wildman–Crippen MR) is 116 cm³/mol. The van der Waals surface area contributed by atoms with E-state index in [1.165, 1.54) is 23.4 Å². The van der Waals surface area contributed by atoms with E-state index in [1.807, 2.05) is 29.2 Å². The maximum absolute atomic E-state index is 13.0. The monoisotopic (exact) mass is 445 g/mol. The number of para-hydroxylation sites is 2. The fourth-order valence-electron chi connectivity index (χ4n) is 3.37. The number of amides is 1. The number of benzene rings is 2. The standard InChI is InChI=1S/C20H20ClN5O3S/c1-14(27)22-15-6-8-16(9-7-15)30(28,29)26-12-10-25(11-13-26)20-19(21)23-17-4-2-3-5-18(17)24-20/h2-9H,10-13H2,1H3,(H,22,27). The van der Waals surface area contributed by atoms with Crippen LogP contribution in [0.5, 0.6) is 0 Å². The molecule has 1 aromatic heterocycles. The molecule has 0 atom stereocenters. The average Bonchev–Trinajstić information content (AvgIpc) is 2.73. The topological polar surface area (TPSA) is 95.5 Å². The summed E-state index contributed by atoms with van der Waals surface area (Å²) in [5.41, 5.74) is 2.01. The lowest BCUT2D eigenvalue weighted by Crippen LogP contribution is -2.49. The molecule has 0 bridgehead atoms. The largest absolute Gasteiger partial charge is 0.351 e. The molecule has 1 N–H and O–H groups in total. The van der Waals surface area contributed by atoms with Gasteiger partial charge in [0.25, 0.3) is 0 Å². The second-order valence-electron chi connectivity index (χ2n) is 6.92. The van der Waals surface area contributed by atoms with Gasteiger partial charge in [0, 0.05) is 38.8 Å². The van der Waals surface area contributed by atoms with Gasteiger partial charge in [0.1, 0.15) is 0 Å². The number of carbonyl (C=O) groups is 1. The van der Waals surface area contributed by atoms with Crippen LogP contribution in [0.3, 0.4) is 0 Å². The lowest BCUT2D eigenvalue weighted by Gasteiger charge is -2.34. The highest BCUT2D eigenvalue weighted by Crippen LogP contribution is 2.27. The first-order valence-electron chi connectivity index (χ1n) is 9.39. The Morgan fingerprint density at radius 3 is 2.17 bits per heavy atom. The van der Waals surface area contributed by atoms with Crippen molar-refractivity contribution >= 4 is 50.1 Å². The number of nitrogens with zero attached hydrogens (tertiary/aromatic N) is 4. The van der Waals surface area contributed by atoms with Gasteiger partial charge in [0.2, 0.25) is 15.9 Å². The molecule has 156 valence electrons. The minimum atomic E-state index is -3.63. The van der Waals surface area contributed by atoms with E-state index < -0.39 is 10.0 Å². The van der Waals surface area contributed by atoms with E-state index in [-0.39, 0.29) is 10.8 Å². The van der Waals surface area contributed by atoms with E-state index >= 15 is 0 Å². The molecule has 30 heavy (non-hydrogen) atoms. The van der Waals surface area contributed by atoms with Crippen molar-refractivity contribution < 1.29 is 13.2 Å². The summed E-state index contributed by atoms with van der Waals surface area (Å²) in [6, 6.07) is 13.6. The Bertz CT molecular complexity index is 1190. The summed E-state index contributed by atoms with van der Waals surface area (Å²) in [6.07, 6.45) is 0. The van der Waals surface area contributed by atoms with Crippen molar-refractivity contribution in [3.05, 3.63) is 53.7 Å². The third-order valence-electron chi connectivity index (χ3n) is 4.86. The van der Waals surface area contributed by atoms with Crippen LogP contribution in [0.2, 0.25) is 5.15 Å². The molecule has 0 saturated carbocycles. The van der Waals surface area contributed by atoms with Crippen LogP contribution in [0.4, 0.5) is 11.5 Å². The Kier molecular flexibility index (Phi) is 5.59. The van der Waals surface area contributed by atoms with Crippen molar-refractivity contribution in [2.45, 2.75) is 11.8 Å². The smallest absolute Gasteiger partial charge is 0.243 e. The molecule has 1 amide bonds. The number of piperazine rings is 1. The fraction of sp³-hybridized carbons (Fsp3) is 0.250. The Morgan fingerprint density at radius 1 is 0.967 bits per heavy atom. The summed E-state index contributed by atoms with van der Waals surface area (Å²) in [5, 5.41) is 2.93. The number of rotatable bonds is 4. The first-order valence-corrected chi connectivity index (χ1v) is 11.2. The molecular formula is C20H20ClN5O3S. The van der Waals surface area contributed by atoms with Crippen LogP contribution >= 0.6 is 11.6 Å². The summed E-state index contributed by atoms with van der Waals surface area (Å²) in [6.45, 7) is 2.92. The van der Waals surface area contributed by atoms with Crippen LogP contribution in [-0.2, 0) is 14.8 Å². The van der Waals surface area contributed by atoms with Crippen LogP contribution in [0, 0.1) is 0 Å². The number of hydrogen-bond donors (Lipinski definition) is 1. The van der Waals surface area contributed by atoms with Gasteiger partial charge in [-0.3, -0.25) is 4.79 Å². The predicted octanol–water partition coefficient (Wildman–Crippen LogP) is 2.75. The quantitative estimate of drug-likeness (QED) is 0.663. The molecule has 0 spiro atoms. The lowest BCUT2D eigenvalue weighted by molar-refractivity contribution is -0.114. The van der Waals surface area contributed by atoms with E-state index in [0.717, 1.165) is 11.0 Å². The third kappa shape index (κ3) is 4.09. The third-order valence-corrected chi connectivity index (χ3v) is 7.03. The van der Waals surface area contributed by atoms with Crippen molar-refractivity contribution in [3.63, 3.8) is 0 Å². The van der Waals surface area contributed by atoms with E-state index in [1.54, 1.807) is 12.1 Å². The normalized spacial score (nSPS) is 15.3. The maximum Gasteiger partial charge on any atom is 0.243 e. The van der Waals surface area contributed by atoms with Crippen molar-refractivity contribution in [1.82, 2.24) is 14.3 Å². The number of fused-ring (bicyclic) bond motifs is 1. The van der Waals surface area contributed by atoms with Crippen LogP contribution in [0.15, 0.2) is 53.4 Å². The van der Waals surface area contributed by atoms with Gasteiger partial charge in [-0.1, -0.05) is 23.7 Å². The Hall–Kier alpha value is -2.75. The zero-order valence-electron chi connectivity index (χ0n) is 16.2. The van der Waals surface area contributed by atoms with Crippen molar-refractivity contribution in [2.75, 3.05) is 36.4 Å². The summed E-state index contributed by atoms with van der Waals surface area (Å²) in [5.74, 6) is 0.351. The number of sulfonamides is 1. The molecule has 1 fully saturated rings. The van der Waals surface area contributed by atoms with Crippen LogP contribution in [-0.4, -0.2) is 54.8 Å². The zero-order chi connectivity index (χ0) is 21.3. The molecule has 2 aromatic carbocycles. The van der Waals surface area contributed by atoms with Crippen LogP contribution in [0.25, 0.3) is 11.0 Å². The zero-order valence-corrected chi connectivity index (χ0v) is 17.8. The number of aromatic nitrogens is 2. The molecule has 10 heteroatoms. The summed E-state index contributed by atoms with van der Waals surface area (Å²) >= 11 is 6.33. The number of halogens is 1. The van der Waals surface area contributed by atoms with E-state index in [0.29, 0.717) is 42.8 Å². The molecule has 0 unspecified atom stereocenters. The van der Waals surface area contributed by atoms with E-state index in [9.17, 15) is 13.2 Å². The second kappa shape index (κ2) is 8.17. The number of carbonyl (C=O) groups excluding carboxylic acids is 1. The molecule has 0 radical (unpaired) electrons. The van der Waals surface area contributed by atoms with Crippen molar-refractivity contribution in [2.24, 2.45) is 0 Å². The van der Waals surface area contributed by atoms with Gasteiger partial charge in [0.15, 0.2) is 11.0 Å². The van der Waals surface area contributed by atoms with Gasteiger partial charge in [-0.2, -0.15) is 4.31 Å². The minimum absolute atomic E-state index is 0.189. The first kappa shape index (κ1) is 20.5. The Labute approximate surface area is 179 Å². The highest BCUT2D eigenvalue weighted by atomic mass is 35.5. The van der Waals surface area contributed by atoms with Gasteiger partial charge < -0.3 is 10.2 Å². The van der Waals surface area contributed by atoms with Gasteiger partial charge in [0.05, 0.1) is 15.9 Å². The van der Waals surface area contributed by atoms with Crippen molar-refractivity contribution in [3.8, 4) is 0 Å². The average molecular weight is 446 g/mol. The number of hydrogen-bond acceptors (Lipinski definition) is 6. The number of anilines is 2. The molecule has 8 nitrogen and oxygen atoms in total. The van der Waals surface area contributed by atoms with Gasteiger partial charge in [-0.15, -0.1) is 0 Å². The highest BCUT2D eigenvalue weighted by molar-refractivity contribution is 7.89. The fourth-order valence-corrected chi connectivity index (χ4v) is 5.05.